The fraction of sp³-hybridized carbons (Fsp3) is 0.500. The molecule has 1 N–H and O–H groups in total. The molecule has 2 fully saturated rings. The van der Waals surface area contributed by atoms with Gasteiger partial charge < -0.3 is 9.64 Å². The molecule has 2 aliphatic heterocycles. The third-order valence-electron chi connectivity index (χ3n) is 4.68. The number of imide groups is 1. The van der Waals surface area contributed by atoms with Gasteiger partial charge in [0, 0.05) is 25.6 Å². The van der Waals surface area contributed by atoms with Gasteiger partial charge >= 0.3 is 6.03 Å². The standard InChI is InChI=1S/C16H19N5O4S/c1-9-11-7-12(14(23)18-21-13(22)8-19(2)16(21)24)26-15(11)20(17-9)10-3-5-25-6-4-10/h7,10H,3-6,8H2,1-2H3,(H,18,23). The lowest BCUT2D eigenvalue weighted by molar-refractivity contribution is -0.126. The lowest BCUT2D eigenvalue weighted by Gasteiger charge is -2.22. The minimum atomic E-state index is -0.533. The van der Waals surface area contributed by atoms with Crippen molar-refractivity contribution in [1.82, 2.24) is 25.1 Å². The summed E-state index contributed by atoms with van der Waals surface area (Å²) >= 11 is 1.32. The zero-order valence-corrected chi connectivity index (χ0v) is 15.3. The number of nitrogens with zero attached hydrogens (tertiary/aromatic N) is 4. The maximum atomic E-state index is 12.5. The summed E-state index contributed by atoms with van der Waals surface area (Å²) < 4.78 is 7.39. The quantitative estimate of drug-likeness (QED) is 0.813. The first-order chi connectivity index (χ1) is 12.5. The van der Waals surface area contributed by atoms with Gasteiger partial charge in [0.25, 0.3) is 11.8 Å². The van der Waals surface area contributed by atoms with E-state index in [-0.39, 0.29) is 12.6 Å². The van der Waals surface area contributed by atoms with Crippen LogP contribution in [0.15, 0.2) is 6.07 Å². The SMILES string of the molecule is Cc1nn(C2CCOCC2)c2sc(C(=O)NN3C(=O)CN(C)C3=O)cc12. The highest BCUT2D eigenvalue weighted by atomic mass is 32.1. The number of rotatable bonds is 3. The molecule has 0 bridgehead atoms. The number of likely N-dealkylation sites (N-methyl/N-ethyl adjacent to an activating group) is 1. The highest BCUT2D eigenvalue weighted by Crippen LogP contribution is 2.33. The topological polar surface area (TPSA) is 96.8 Å². The first-order valence-electron chi connectivity index (χ1n) is 8.41. The van der Waals surface area contributed by atoms with Gasteiger partial charge in [0.05, 0.1) is 16.6 Å². The van der Waals surface area contributed by atoms with E-state index in [0.29, 0.717) is 18.1 Å². The Morgan fingerprint density at radius 3 is 2.73 bits per heavy atom. The minimum absolute atomic E-state index is 0.0383. The van der Waals surface area contributed by atoms with E-state index in [9.17, 15) is 14.4 Å². The van der Waals surface area contributed by atoms with Crippen molar-refractivity contribution >= 4 is 39.4 Å². The van der Waals surface area contributed by atoms with E-state index in [0.717, 1.165) is 33.8 Å². The van der Waals surface area contributed by atoms with Crippen LogP contribution < -0.4 is 5.43 Å². The van der Waals surface area contributed by atoms with Crippen LogP contribution >= 0.6 is 11.3 Å². The second kappa shape index (κ2) is 6.36. The molecule has 0 spiro atoms. The van der Waals surface area contributed by atoms with Crippen LogP contribution in [-0.2, 0) is 9.53 Å². The van der Waals surface area contributed by atoms with E-state index >= 15 is 0 Å². The van der Waals surface area contributed by atoms with Crippen LogP contribution in [0.3, 0.4) is 0 Å². The molecule has 4 amide bonds. The lowest BCUT2D eigenvalue weighted by atomic mass is 10.1. The Balaban J connectivity index is 1.60. The lowest BCUT2D eigenvalue weighted by Crippen LogP contribution is -2.46. The number of amides is 4. The van der Waals surface area contributed by atoms with Crippen LogP contribution in [0, 0.1) is 6.92 Å². The second-order valence-electron chi connectivity index (χ2n) is 6.51. The van der Waals surface area contributed by atoms with E-state index in [1.165, 1.54) is 23.3 Å². The number of aryl methyl sites for hydroxylation is 1. The molecular weight excluding hydrogens is 358 g/mol. The van der Waals surface area contributed by atoms with Crippen molar-refractivity contribution < 1.29 is 19.1 Å². The van der Waals surface area contributed by atoms with Crippen LogP contribution in [0.25, 0.3) is 10.2 Å². The van der Waals surface area contributed by atoms with Gasteiger partial charge in [0.1, 0.15) is 11.4 Å². The highest BCUT2D eigenvalue weighted by molar-refractivity contribution is 7.20. The summed E-state index contributed by atoms with van der Waals surface area (Å²) in [5, 5.41) is 6.31. The molecule has 2 aromatic heterocycles. The average molecular weight is 377 g/mol. The molecule has 2 saturated heterocycles. The van der Waals surface area contributed by atoms with Gasteiger partial charge in [0.15, 0.2) is 0 Å². The first-order valence-corrected chi connectivity index (χ1v) is 9.23. The number of thiophene rings is 1. The van der Waals surface area contributed by atoms with Crippen LogP contribution in [0.2, 0.25) is 0 Å². The molecular formula is C16H19N5O4S. The Morgan fingerprint density at radius 2 is 2.08 bits per heavy atom. The minimum Gasteiger partial charge on any atom is -0.381 e. The first kappa shape index (κ1) is 17.0. The fourth-order valence-electron chi connectivity index (χ4n) is 3.25. The van der Waals surface area contributed by atoms with Crippen molar-refractivity contribution in [3.05, 3.63) is 16.6 Å². The Bertz CT molecular complexity index is 898. The Kier molecular flexibility index (Phi) is 4.16. The molecule has 10 heteroatoms. The normalized spacial score (nSPS) is 19.0. The van der Waals surface area contributed by atoms with E-state index in [4.69, 9.17) is 4.74 Å². The number of hydrazine groups is 1. The number of hydrogen-bond acceptors (Lipinski definition) is 6. The van der Waals surface area contributed by atoms with Gasteiger partial charge in [-0.3, -0.25) is 19.7 Å². The van der Waals surface area contributed by atoms with Gasteiger partial charge in [-0.05, 0) is 25.8 Å². The molecule has 9 nitrogen and oxygen atoms in total. The van der Waals surface area contributed by atoms with Crippen LogP contribution in [0.1, 0.15) is 34.2 Å². The summed E-state index contributed by atoms with van der Waals surface area (Å²) in [6.07, 6.45) is 1.78. The van der Waals surface area contributed by atoms with Crippen molar-refractivity contribution in [1.29, 1.82) is 0 Å². The molecule has 0 radical (unpaired) electrons. The molecule has 138 valence electrons. The molecule has 26 heavy (non-hydrogen) atoms. The summed E-state index contributed by atoms with van der Waals surface area (Å²) in [5.41, 5.74) is 3.27. The third kappa shape index (κ3) is 2.74. The van der Waals surface area contributed by atoms with Crippen LogP contribution in [-0.4, -0.2) is 64.3 Å². The largest absolute Gasteiger partial charge is 0.381 e. The van der Waals surface area contributed by atoms with Gasteiger partial charge in [-0.2, -0.15) is 10.1 Å². The number of ether oxygens (including phenoxy) is 1. The summed E-state index contributed by atoms with van der Waals surface area (Å²) in [4.78, 5) is 38.9. The van der Waals surface area contributed by atoms with Gasteiger partial charge in [-0.1, -0.05) is 0 Å². The number of hydrogen-bond donors (Lipinski definition) is 1. The van der Waals surface area contributed by atoms with Crippen molar-refractivity contribution in [2.75, 3.05) is 26.8 Å². The van der Waals surface area contributed by atoms with Gasteiger partial charge in [-0.25, -0.2) is 4.79 Å². The molecule has 4 heterocycles. The summed E-state index contributed by atoms with van der Waals surface area (Å²) in [6.45, 7) is 3.28. The molecule has 0 atom stereocenters. The Morgan fingerprint density at radius 1 is 1.35 bits per heavy atom. The maximum absolute atomic E-state index is 12.5. The van der Waals surface area contributed by atoms with Crippen LogP contribution in [0.4, 0.5) is 4.79 Å². The van der Waals surface area contributed by atoms with Crippen molar-refractivity contribution in [3.63, 3.8) is 0 Å². The number of urea groups is 1. The van der Waals surface area contributed by atoms with E-state index in [2.05, 4.69) is 10.5 Å². The fourth-order valence-corrected chi connectivity index (χ4v) is 4.37. The molecule has 2 aliphatic rings. The van der Waals surface area contributed by atoms with Crippen LogP contribution in [0.5, 0.6) is 0 Å². The predicted octanol–water partition coefficient (Wildman–Crippen LogP) is 1.30. The number of carbonyl (C=O) groups excluding carboxylic acids is 3. The number of aromatic nitrogens is 2. The zero-order chi connectivity index (χ0) is 18.4. The number of fused-ring (bicyclic) bond motifs is 1. The molecule has 0 unspecified atom stereocenters. The Hall–Kier alpha value is -2.46. The molecule has 0 aliphatic carbocycles. The number of nitrogens with one attached hydrogen (secondary N) is 1. The molecule has 0 aromatic carbocycles. The molecule has 0 saturated carbocycles. The molecule has 4 rings (SSSR count). The molecule has 2 aromatic rings. The van der Waals surface area contributed by atoms with Gasteiger partial charge in [-0.15, -0.1) is 11.3 Å². The van der Waals surface area contributed by atoms with Crippen molar-refractivity contribution in [2.45, 2.75) is 25.8 Å². The zero-order valence-electron chi connectivity index (χ0n) is 14.5. The maximum Gasteiger partial charge on any atom is 0.346 e. The Labute approximate surface area is 153 Å². The van der Waals surface area contributed by atoms with E-state index in [1.807, 2.05) is 11.6 Å². The third-order valence-corrected chi connectivity index (χ3v) is 5.81. The predicted molar refractivity (Wildman–Crippen MR) is 93.8 cm³/mol. The summed E-state index contributed by atoms with van der Waals surface area (Å²) in [7, 11) is 1.51. The number of carbonyl (C=O) groups is 3. The summed E-state index contributed by atoms with van der Waals surface area (Å²) in [5.74, 6) is -0.919. The highest BCUT2D eigenvalue weighted by Gasteiger charge is 2.35. The smallest absolute Gasteiger partial charge is 0.346 e. The van der Waals surface area contributed by atoms with E-state index in [1.54, 1.807) is 6.07 Å². The van der Waals surface area contributed by atoms with Gasteiger partial charge in [0.2, 0.25) is 0 Å². The van der Waals surface area contributed by atoms with Crippen molar-refractivity contribution in [3.8, 4) is 0 Å². The average Bonchev–Trinajstić information content (AvgIpc) is 3.26. The monoisotopic (exact) mass is 377 g/mol. The second-order valence-corrected chi connectivity index (χ2v) is 7.54. The summed E-state index contributed by atoms with van der Waals surface area (Å²) in [6, 6.07) is 1.49. The van der Waals surface area contributed by atoms with E-state index < -0.39 is 17.8 Å². The van der Waals surface area contributed by atoms with Crippen molar-refractivity contribution in [2.24, 2.45) is 0 Å².